The van der Waals surface area contributed by atoms with Crippen molar-refractivity contribution in [1.82, 2.24) is 5.32 Å². The van der Waals surface area contributed by atoms with Crippen LogP contribution in [-0.2, 0) is 11.0 Å². The maximum atomic E-state index is 12.6. The van der Waals surface area contributed by atoms with Crippen LogP contribution in [0, 0.1) is 10.1 Å². The highest BCUT2D eigenvalue weighted by atomic mass is 19.4. The third-order valence-corrected chi connectivity index (χ3v) is 3.45. The van der Waals surface area contributed by atoms with Crippen LogP contribution in [0.2, 0.25) is 0 Å². The number of halogens is 3. The Morgan fingerprint density at radius 1 is 1.07 bits per heavy atom. The molecule has 2 rings (SSSR count). The number of non-ortho nitro benzene ring substituents is 1. The van der Waals surface area contributed by atoms with Gasteiger partial charge in [0.05, 0.1) is 10.5 Å². The van der Waals surface area contributed by atoms with Gasteiger partial charge in [0.25, 0.3) is 11.6 Å². The molecule has 0 unspecified atom stereocenters. The maximum Gasteiger partial charge on any atom is 0.416 e. The number of rotatable bonds is 6. The van der Waals surface area contributed by atoms with Crippen molar-refractivity contribution in [2.75, 3.05) is 11.9 Å². The van der Waals surface area contributed by atoms with Crippen molar-refractivity contribution in [2.24, 2.45) is 0 Å². The van der Waals surface area contributed by atoms with Gasteiger partial charge in [-0.2, -0.15) is 13.2 Å². The number of nitrogens with one attached hydrogen (secondary N) is 2. The van der Waals surface area contributed by atoms with E-state index in [1.807, 2.05) is 0 Å². The van der Waals surface area contributed by atoms with Crippen molar-refractivity contribution >= 4 is 23.2 Å². The van der Waals surface area contributed by atoms with Crippen LogP contribution in [0.25, 0.3) is 0 Å². The monoisotopic (exact) mass is 381 g/mol. The SMILES string of the molecule is O=C(CCNC(=O)c1ccc([N+](=O)[O-])cc1)Nc1cccc(C(F)(F)F)c1. The van der Waals surface area contributed by atoms with Crippen molar-refractivity contribution in [2.45, 2.75) is 12.6 Å². The second-order valence-corrected chi connectivity index (χ2v) is 5.44. The van der Waals surface area contributed by atoms with E-state index in [0.29, 0.717) is 0 Å². The molecule has 0 saturated carbocycles. The summed E-state index contributed by atoms with van der Waals surface area (Å²) in [7, 11) is 0. The molecule has 2 aromatic rings. The predicted octanol–water partition coefficient (Wildman–Crippen LogP) is 3.37. The Hall–Kier alpha value is -3.43. The zero-order valence-corrected chi connectivity index (χ0v) is 13.7. The first-order valence-corrected chi connectivity index (χ1v) is 7.66. The zero-order chi connectivity index (χ0) is 20.0. The van der Waals surface area contributed by atoms with E-state index >= 15 is 0 Å². The molecular formula is C17H14F3N3O4. The lowest BCUT2D eigenvalue weighted by Crippen LogP contribution is -2.27. The van der Waals surface area contributed by atoms with Crippen LogP contribution in [0.4, 0.5) is 24.5 Å². The molecule has 0 saturated heterocycles. The van der Waals surface area contributed by atoms with Gasteiger partial charge in [-0.25, -0.2) is 0 Å². The van der Waals surface area contributed by atoms with Crippen molar-refractivity contribution in [3.8, 4) is 0 Å². The smallest absolute Gasteiger partial charge is 0.352 e. The Morgan fingerprint density at radius 2 is 1.74 bits per heavy atom. The number of nitro groups is 1. The Kier molecular flexibility index (Phi) is 6.11. The normalized spacial score (nSPS) is 10.9. The number of anilines is 1. The summed E-state index contributed by atoms with van der Waals surface area (Å²) >= 11 is 0. The van der Waals surface area contributed by atoms with Crippen LogP contribution in [-0.4, -0.2) is 23.3 Å². The molecule has 2 amide bonds. The van der Waals surface area contributed by atoms with Gasteiger partial charge in [-0.1, -0.05) is 6.07 Å². The number of hydrogen-bond acceptors (Lipinski definition) is 4. The summed E-state index contributed by atoms with van der Waals surface area (Å²) in [4.78, 5) is 33.6. The molecule has 27 heavy (non-hydrogen) atoms. The molecule has 0 bridgehead atoms. The highest BCUT2D eigenvalue weighted by molar-refractivity contribution is 5.95. The zero-order valence-electron chi connectivity index (χ0n) is 13.7. The van der Waals surface area contributed by atoms with Crippen LogP contribution >= 0.6 is 0 Å². The summed E-state index contributed by atoms with van der Waals surface area (Å²) in [6.07, 6.45) is -4.67. The van der Waals surface area contributed by atoms with E-state index in [2.05, 4.69) is 10.6 Å². The van der Waals surface area contributed by atoms with Gasteiger partial charge < -0.3 is 10.6 Å². The van der Waals surface area contributed by atoms with E-state index in [9.17, 15) is 32.9 Å². The van der Waals surface area contributed by atoms with Gasteiger partial charge in [-0.15, -0.1) is 0 Å². The van der Waals surface area contributed by atoms with Gasteiger partial charge in [0.2, 0.25) is 5.91 Å². The van der Waals surface area contributed by atoms with E-state index < -0.39 is 28.5 Å². The molecule has 2 N–H and O–H groups in total. The first-order valence-electron chi connectivity index (χ1n) is 7.66. The number of nitro benzene ring substituents is 1. The lowest BCUT2D eigenvalue weighted by atomic mass is 10.2. The van der Waals surface area contributed by atoms with Crippen molar-refractivity contribution in [3.05, 3.63) is 69.8 Å². The number of amides is 2. The lowest BCUT2D eigenvalue weighted by molar-refractivity contribution is -0.384. The third-order valence-electron chi connectivity index (χ3n) is 3.45. The summed E-state index contributed by atoms with van der Waals surface area (Å²) in [5.41, 5.74) is -0.866. The Morgan fingerprint density at radius 3 is 2.33 bits per heavy atom. The van der Waals surface area contributed by atoms with E-state index in [1.165, 1.54) is 36.4 Å². The lowest BCUT2D eigenvalue weighted by Gasteiger charge is -2.10. The average molecular weight is 381 g/mol. The van der Waals surface area contributed by atoms with E-state index in [4.69, 9.17) is 0 Å². The largest absolute Gasteiger partial charge is 0.416 e. The van der Waals surface area contributed by atoms with Gasteiger partial charge in [0.15, 0.2) is 0 Å². The summed E-state index contributed by atoms with van der Waals surface area (Å²) in [6, 6.07) is 9.10. The molecule has 0 aliphatic carbocycles. The minimum atomic E-state index is -4.51. The minimum absolute atomic E-state index is 0.00322. The first kappa shape index (κ1) is 19.9. The van der Waals surface area contributed by atoms with Crippen molar-refractivity contribution in [3.63, 3.8) is 0 Å². The first-order chi connectivity index (χ1) is 12.7. The fourth-order valence-corrected chi connectivity index (χ4v) is 2.12. The summed E-state index contributed by atoms with van der Waals surface area (Å²) in [5, 5.41) is 15.3. The van der Waals surface area contributed by atoms with Gasteiger partial charge in [-0.05, 0) is 30.3 Å². The number of carbonyl (C=O) groups excluding carboxylic acids is 2. The Bertz CT molecular complexity index is 851. The molecule has 142 valence electrons. The molecule has 0 aromatic heterocycles. The number of carbonyl (C=O) groups is 2. The second kappa shape index (κ2) is 8.30. The van der Waals surface area contributed by atoms with Gasteiger partial charge in [-0.3, -0.25) is 19.7 Å². The molecule has 0 heterocycles. The van der Waals surface area contributed by atoms with Crippen LogP contribution in [0.3, 0.4) is 0 Å². The summed E-state index contributed by atoms with van der Waals surface area (Å²) < 4.78 is 37.9. The minimum Gasteiger partial charge on any atom is -0.352 e. The Balaban J connectivity index is 1.84. The molecule has 0 fully saturated rings. The summed E-state index contributed by atoms with van der Waals surface area (Å²) in [6.45, 7) is -0.0549. The Labute approximate surface area is 151 Å². The summed E-state index contributed by atoms with van der Waals surface area (Å²) in [5.74, 6) is -1.10. The topological polar surface area (TPSA) is 101 Å². The number of nitrogens with zero attached hydrogens (tertiary/aromatic N) is 1. The van der Waals surface area contributed by atoms with Crippen molar-refractivity contribution in [1.29, 1.82) is 0 Å². The molecule has 2 aromatic carbocycles. The maximum absolute atomic E-state index is 12.6. The highest BCUT2D eigenvalue weighted by Crippen LogP contribution is 2.30. The van der Waals surface area contributed by atoms with Crippen LogP contribution in [0.5, 0.6) is 0 Å². The molecular weight excluding hydrogens is 367 g/mol. The standard InChI is InChI=1S/C17H14F3N3O4/c18-17(19,20)12-2-1-3-13(10-12)22-15(24)8-9-21-16(25)11-4-6-14(7-5-11)23(26)27/h1-7,10H,8-9H2,(H,21,25)(H,22,24). The molecule has 0 spiro atoms. The highest BCUT2D eigenvalue weighted by Gasteiger charge is 2.30. The molecule has 10 heteroatoms. The van der Waals surface area contributed by atoms with Crippen molar-refractivity contribution < 1.29 is 27.7 Å². The fourth-order valence-electron chi connectivity index (χ4n) is 2.12. The molecule has 0 aliphatic rings. The third kappa shape index (κ3) is 5.80. The average Bonchev–Trinajstić information content (AvgIpc) is 2.61. The van der Waals surface area contributed by atoms with Crippen LogP contribution in [0.1, 0.15) is 22.3 Å². The molecule has 7 nitrogen and oxygen atoms in total. The van der Waals surface area contributed by atoms with Crippen LogP contribution in [0.15, 0.2) is 48.5 Å². The molecule has 0 aliphatic heterocycles. The number of hydrogen-bond donors (Lipinski definition) is 2. The number of alkyl halides is 3. The molecule has 0 radical (unpaired) electrons. The van der Waals surface area contributed by atoms with Crippen LogP contribution < -0.4 is 10.6 Å². The van der Waals surface area contributed by atoms with Gasteiger partial charge in [0.1, 0.15) is 0 Å². The van der Waals surface area contributed by atoms with Gasteiger partial charge >= 0.3 is 6.18 Å². The van der Waals surface area contributed by atoms with E-state index in [1.54, 1.807) is 0 Å². The second-order valence-electron chi connectivity index (χ2n) is 5.44. The molecule has 0 atom stereocenters. The predicted molar refractivity (Wildman–Crippen MR) is 90.1 cm³/mol. The quantitative estimate of drug-likeness (QED) is 0.592. The van der Waals surface area contributed by atoms with E-state index in [0.717, 1.165) is 12.1 Å². The van der Waals surface area contributed by atoms with Gasteiger partial charge in [0, 0.05) is 36.3 Å². The fraction of sp³-hybridized carbons (Fsp3) is 0.176. The van der Waals surface area contributed by atoms with E-state index in [-0.39, 0.29) is 29.9 Å². The number of benzene rings is 2.